The average molecular weight is 379 g/mol. The number of anilines is 1. The highest BCUT2D eigenvalue weighted by atomic mass is 19.1. The van der Waals surface area contributed by atoms with Gasteiger partial charge < -0.3 is 10.1 Å². The Hall–Kier alpha value is -3.48. The number of carbonyl (C=O) groups excluding carboxylic acids is 2. The van der Waals surface area contributed by atoms with Crippen LogP contribution in [-0.4, -0.2) is 28.3 Å². The van der Waals surface area contributed by atoms with Crippen molar-refractivity contribution in [1.29, 1.82) is 0 Å². The summed E-state index contributed by atoms with van der Waals surface area (Å²) in [5, 5.41) is 7.03. The van der Waals surface area contributed by atoms with E-state index in [1.165, 1.54) is 18.2 Å². The summed E-state index contributed by atoms with van der Waals surface area (Å²) in [5.74, 6) is -1.29. The first-order chi connectivity index (χ1) is 13.6. The van der Waals surface area contributed by atoms with Crippen molar-refractivity contribution in [2.24, 2.45) is 0 Å². The van der Waals surface area contributed by atoms with Crippen LogP contribution in [0.3, 0.4) is 0 Å². The fourth-order valence-corrected chi connectivity index (χ4v) is 2.86. The van der Waals surface area contributed by atoms with Gasteiger partial charge in [-0.05, 0) is 49.2 Å². The van der Waals surface area contributed by atoms with E-state index in [4.69, 9.17) is 4.74 Å². The van der Waals surface area contributed by atoms with Crippen molar-refractivity contribution < 1.29 is 18.7 Å². The van der Waals surface area contributed by atoms with Crippen LogP contribution >= 0.6 is 0 Å². The Bertz CT molecular complexity index is 1010. The predicted octanol–water partition coefficient (Wildman–Crippen LogP) is 3.68. The number of aromatic nitrogens is 2. The van der Waals surface area contributed by atoms with Gasteiger partial charge in [0.05, 0.1) is 11.4 Å². The fourth-order valence-electron chi connectivity index (χ4n) is 2.86. The van der Waals surface area contributed by atoms with Crippen LogP contribution in [0.2, 0.25) is 0 Å². The van der Waals surface area contributed by atoms with Crippen LogP contribution in [-0.2, 0) is 9.53 Å². The molecule has 1 N–H and O–H groups in total. The zero-order chi connectivity index (χ0) is 19.5. The molecular weight excluding hydrogens is 361 g/mol. The van der Waals surface area contributed by atoms with Crippen molar-refractivity contribution in [2.45, 2.75) is 18.8 Å². The van der Waals surface area contributed by atoms with Gasteiger partial charge in [-0.3, -0.25) is 4.79 Å². The topological polar surface area (TPSA) is 73.2 Å². The third-order valence-corrected chi connectivity index (χ3v) is 4.38. The summed E-state index contributed by atoms with van der Waals surface area (Å²) < 4.78 is 19.9. The predicted molar refractivity (Wildman–Crippen MR) is 101 cm³/mol. The molecule has 0 spiro atoms. The molecule has 1 aliphatic rings. The van der Waals surface area contributed by atoms with E-state index in [0.717, 1.165) is 24.2 Å². The molecule has 1 heterocycles. The Labute approximate surface area is 160 Å². The smallest absolute Gasteiger partial charge is 0.357 e. The first-order valence-electron chi connectivity index (χ1n) is 8.98. The number of amides is 1. The van der Waals surface area contributed by atoms with Gasteiger partial charge in [0.2, 0.25) is 0 Å². The second kappa shape index (κ2) is 7.64. The second-order valence-corrected chi connectivity index (χ2v) is 6.61. The van der Waals surface area contributed by atoms with Crippen molar-refractivity contribution in [3.05, 3.63) is 77.9 Å². The number of ether oxygens (including phenoxy) is 1. The second-order valence-electron chi connectivity index (χ2n) is 6.61. The number of hydrogen-bond donors (Lipinski definition) is 1. The minimum absolute atomic E-state index is 0.270. The molecule has 1 amide bonds. The molecular formula is C21H18FN3O3. The maximum atomic E-state index is 13.2. The number of para-hydroxylation sites is 1. The first-order valence-corrected chi connectivity index (χ1v) is 8.98. The van der Waals surface area contributed by atoms with Crippen LogP contribution in [0.25, 0.3) is 5.69 Å². The number of hydrogen-bond acceptors (Lipinski definition) is 4. The van der Waals surface area contributed by atoms with E-state index in [-0.39, 0.29) is 5.69 Å². The van der Waals surface area contributed by atoms with E-state index < -0.39 is 24.3 Å². The maximum absolute atomic E-state index is 13.2. The number of rotatable bonds is 6. The molecule has 3 aromatic rings. The Balaban J connectivity index is 1.46. The largest absolute Gasteiger partial charge is 0.451 e. The Kier molecular flexibility index (Phi) is 4.89. The SMILES string of the molecule is O=C(COC(=O)c1cc(C2CC2)nn1-c1ccccc1)Nc1cccc(F)c1. The molecule has 28 heavy (non-hydrogen) atoms. The van der Waals surface area contributed by atoms with Crippen LogP contribution in [0.1, 0.15) is 34.9 Å². The van der Waals surface area contributed by atoms with Gasteiger partial charge in [-0.2, -0.15) is 5.10 Å². The lowest BCUT2D eigenvalue weighted by Gasteiger charge is -2.08. The fraction of sp³-hybridized carbons (Fsp3) is 0.190. The first kappa shape index (κ1) is 17.9. The Morgan fingerprint density at radius 3 is 2.61 bits per heavy atom. The highest BCUT2D eigenvalue weighted by Crippen LogP contribution is 2.39. The summed E-state index contributed by atoms with van der Waals surface area (Å²) in [4.78, 5) is 24.6. The summed E-state index contributed by atoms with van der Waals surface area (Å²) in [5.41, 5.74) is 2.16. The molecule has 4 rings (SSSR count). The van der Waals surface area contributed by atoms with Gasteiger partial charge in [0.25, 0.3) is 5.91 Å². The monoisotopic (exact) mass is 379 g/mol. The molecule has 0 radical (unpaired) electrons. The Morgan fingerprint density at radius 2 is 1.89 bits per heavy atom. The Morgan fingerprint density at radius 1 is 1.11 bits per heavy atom. The summed E-state index contributed by atoms with van der Waals surface area (Å²) in [6.45, 7) is -0.478. The molecule has 6 nitrogen and oxygen atoms in total. The number of nitrogens with zero attached hydrogens (tertiary/aromatic N) is 2. The van der Waals surface area contributed by atoms with Gasteiger partial charge in [0.15, 0.2) is 12.3 Å². The molecule has 1 saturated carbocycles. The lowest BCUT2D eigenvalue weighted by molar-refractivity contribution is -0.119. The van der Waals surface area contributed by atoms with Crippen LogP contribution in [0, 0.1) is 5.82 Å². The molecule has 7 heteroatoms. The lowest BCUT2D eigenvalue weighted by Crippen LogP contribution is -2.22. The zero-order valence-corrected chi connectivity index (χ0v) is 15.0. The quantitative estimate of drug-likeness (QED) is 0.663. The standard InChI is InChI=1S/C21H18FN3O3/c22-15-5-4-6-16(11-15)23-20(26)13-28-21(27)19-12-18(14-9-10-14)24-25(19)17-7-2-1-3-8-17/h1-8,11-12,14H,9-10,13H2,(H,23,26). The van der Waals surface area contributed by atoms with Gasteiger partial charge in [0, 0.05) is 11.6 Å². The summed E-state index contributed by atoms with van der Waals surface area (Å²) in [6.07, 6.45) is 2.10. The number of halogens is 1. The van der Waals surface area contributed by atoms with Gasteiger partial charge in [0.1, 0.15) is 5.82 Å². The van der Waals surface area contributed by atoms with E-state index in [1.54, 1.807) is 16.8 Å². The number of esters is 1. The van der Waals surface area contributed by atoms with E-state index in [0.29, 0.717) is 11.6 Å². The molecule has 0 unspecified atom stereocenters. The molecule has 1 aliphatic carbocycles. The molecule has 1 aromatic heterocycles. The van der Waals surface area contributed by atoms with Gasteiger partial charge in [-0.25, -0.2) is 13.9 Å². The van der Waals surface area contributed by atoms with Gasteiger partial charge in [-0.15, -0.1) is 0 Å². The van der Waals surface area contributed by atoms with Crippen molar-refractivity contribution in [1.82, 2.24) is 9.78 Å². The van der Waals surface area contributed by atoms with E-state index in [9.17, 15) is 14.0 Å². The summed E-state index contributed by atoms with van der Waals surface area (Å²) in [6, 6.07) is 16.5. The molecule has 1 fully saturated rings. The van der Waals surface area contributed by atoms with E-state index in [2.05, 4.69) is 10.4 Å². The van der Waals surface area contributed by atoms with Crippen LogP contribution in [0.4, 0.5) is 10.1 Å². The summed E-state index contributed by atoms with van der Waals surface area (Å²) in [7, 11) is 0. The van der Waals surface area contributed by atoms with Crippen LogP contribution in [0.5, 0.6) is 0 Å². The minimum atomic E-state index is -0.641. The van der Waals surface area contributed by atoms with E-state index in [1.807, 2.05) is 30.3 Å². The third-order valence-electron chi connectivity index (χ3n) is 4.38. The van der Waals surface area contributed by atoms with E-state index >= 15 is 0 Å². The molecule has 0 bridgehead atoms. The van der Waals surface area contributed by atoms with Crippen molar-refractivity contribution in [2.75, 3.05) is 11.9 Å². The molecule has 0 atom stereocenters. The zero-order valence-electron chi connectivity index (χ0n) is 15.0. The normalized spacial score (nSPS) is 13.2. The highest BCUT2D eigenvalue weighted by molar-refractivity contribution is 5.95. The van der Waals surface area contributed by atoms with Gasteiger partial charge in [-0.1, -0.05) is 24.3 Å². The lowest BCUT2D eigenvalue weighted by atomic mass is 10.2. The molecule has 2 aromatic carbocycles. The number of carbonyl (C=O) groups is 2. The summed E-state index contributed by atoms with van der Waals surface area (Å²) >= 11 is 0. The van der Waals surface area contributed by atoms with Crippen molar-refractivity contribution in [3.63, 3.8) is 0 Å². The molecule has 0 saturated heterocycles. The van der Waals surface area contributed by atoms with Crippen molar-refractivity contribution in [3.8, 4) is 5.69 Å². The number of nitrogens with one attached hydrogen (secondary N) is 1. The van der Waals surface area contributed by atoms with Crippen LogP contribution < -0.4 is 5.32 Å². The molecule has 142 valence electrons. The minimum Gasteiger partial charge on any atom is -0.451 e. The molecule has 0 aliphatic heterocycles. The van der Waals surface area contributed by atoms with Gasteiger partial charge >= 0.3 is 5.97 Å². The van der Waals surface area contributed by atoms with Crippen molar-refractivity contribution >= 4 is 17.6 Å². The third kappa shape index (κ3) is 4.09. The average Bonchev–Trinajstić information content (AvgIpc) is 3.45. The number of benzene rings is 2. The maximum Gasteiger partial charge on any atom is 0.357 e. The van der Waals surface area contributed by atoms with Crippen LogP contribution in [0.15, 0.2) is 60.7 Å². The highest BCUT2D eigenvalue weighted by Gasteiger charge is 2.29.